The second-order valence-electron chi connectivity index (χ2n) is 8.53. The van der Waals surface area contributed by atoms with Crippen LogP contribution in [0.25, 0.3) is 6.08 Å². The van der Waals surface area contributed by atoms with Crippen molar-refractivity contribution in [2.75, 3.05) is 0 Å². The molecule has 0 saturated carbocycles. The largest absolute Gasteiger partial charge is 0.507 e. The van der Waals surface area contributed by atoms with E-state index in [-0.39, 0.29) is 16.6 Å². The fourth-order valence-electron chi connectivity index (χ4n) is 2.75. The predicted molar refractivity (Wildman–Crippen MR) is 105 cm³/mol. The lowest BCUT2D eigenvalue weighted by Crippen LogP contribution is -2.18. The minimum atomic E-state index is -0.247. The van der Waals surface area contributed by atoms with Gasteiger partial charge in [0.2, 0.25) is 0 Å². The summed E-state index contributed by atoms with van der Waals surface area (Å²) in [4.78, 5) is 12.7. The van der Waals surface area contributed by atoms with Crippen molar-refractivity contribution in [1.29, 1.82) is 0 Å². The van der Waals surface area contributed by atoms with Crippen LogP contribution in [0.4, 0.5) is 0 Å². The minimum Gasteiger partial charge on any atom is -0.507 e. The summed E-state index contributed by atoms with van der Waals surface area (Å²) in [5.74, 6) is 0.239. The lowest BCUT2D eigenvalue weighted by molar-refractivity contribution is 0.104. The van der Waals surface area contributed by atoms with Crippen LogP contribution in [0.2, 0.25) is 0 Å². The maximum atomic E-state index is 12.7. The molecule has 0 aliphatic carbocycles. The number of benzene rings is 2. The highest BCUT2D eigenvalue weighted by atomic mass is 16.3. The van der Waals surface area contributed by atoms with Gasteiger partial charge in [-0.05, 0) is 34.6 Å². The molecule has 2 heteroatoms. The zero-order chi connectivity index (χ0) is 18.8. The summed E-state index contributed by atoms with van der Waals surface area (Å²) < 4.78 is 0. The van der Waals surface area contributed by atoms with Gasteiger partial charge in [0.1, 0.15) is 5.75 Å². The van der Waals surface area contributed by atoms with E-state index in [2.05, 4.69) is 0 Å². The van der Waals surface area contributed by atoms with Gasteiger partial charge in [-0.25, -0.2) is 0 Å². The molecule has 2 rings (SSSR count). The van der Waals surface area contributed by atoms with Crippen LogP contribution in [0.5, 0.6) is 5.75 Å². The molecule has 0 atom stereocenters. The summed E-state index contributed by atoms with van der Waals surface area (Å²) in [6.45, 7) is 12.3. The normalized spacial score (nSPS) is 12.6. The van der Waals surface area contributed by atoms with E-state index in [1.165, 1.54) is 0 Å². The van der Waals surface area contributed by atoms with E-state index < -0.39 is 0 Å². The first-order chi connectivity index (χ1) is 11.5. The fourth-order valence-corrected chi connectivity index (χ4v) is 2.75. The highest BCUT2D eigenvalue weighted by molar-refractivity contribution is 6.07. The van der Waals surface area contributed by atoms with Crippen molar-refractivity contribution in [2.24, 2.45) is 0 Å². The minimum absolute atomic E-state index is 0.0557. The number of aromatic hydroxyl groups is 1. The number of hydrogen-bond donors (Lipinski definition) is 1. The van der Waals surface area contributed by atoms with Gasteiger partial charge in [-0.1, -0.05) is 78.0 Å². The van der Waals surface area contributed by atoms with E-state index in [4.69, 9.17) is 0 Å². The molecule has 0 aliphatic rings. The number of hydrogen-bond acceptors (Lipinski definition) is 2. The maximum absolute atomic E-state index is 12.7. The Morgan fingerprint density at radius 3 is 1.80 bits per heavy atom. The van der Waals surface area contributed by atoms with Gasteiger partial charge >= 0.3 is 0 Å². The topological polar surface area (TPSA) is 37.3 Å². The number of carbonyl (C=O) groups is 1. The average Bonchev–Trinajstić information content (AvgIpc) is 2.51. The highest BCUT2D eigenvalue weighted by Crippen LogP contribution is 2.39. The average molecular weight is 336 g/mol. The van der Waals surface area contributed by atoms with Crippen LogP contribution in [0.3, 0.4) is 0 Å². The van der Waals surface area contributed by atoms with E-state index in [0.717, 1.165) is 16.7 Å². The molecule has 0 heterocycles. The van der Waals surface area contributed by atoms with Gasteiger partial charge in [-0.2, -0.15) is 0 Å². The van der Waals surface area contributed by atoms with Crippen LogP contribution in [0, 0.1) is 0 Å². The molecule has 0 bridgehead atoms. The third-order valence-electron chi connectivity index (χ3n) is 4.24. The van der Waals surface area contributed by atoms with E-state index in [1.54, 1.807) is 6.08 Å². The number of phenols is 1. The quantitative estimate of drug-likeness (QED) is 0.561. The summed E-state index contributed by atoms with van der Waals surface area (Å²) in [6.07, 6.45) is 3.42. The first kappa shape index (κ1) is 19.0. The molecular weight excluding hydrogens is 308 g/mol. The number of ketones is 1. The van der Waals surface area contributed by atoms with Crippen molar-refractivity contribution in [1.82, 2.24) is 0 Å². The number of phenolic OH excluding ortho intramolecular Hbond substituents is 1. The number of rotatable bonds is 3. The molecule has 2 aromatic carbocycles. The van der Waals surface area contributed by atoms with Gasteiger partial charge in [-0.15, -0.1) is 0 Å². The molecule has 0 saturated heterocycles. The van der Waals surface area contributed by atoms with Gasteiger partial charge in [0, 0.05) is 16.7 Å². The van der Waals surface area contributed by atoms with Crippen LogP contribution in [-0.2, 0) is 10.8 Å². The number of allylic oxidation sites excluding steroid dienone is 1. The van der Waals surface area contributed by atoms with Gasteiger partial charge in [0.05, 0.1) is 0 Å². The number of carbonyl (C=O) groups excluding carboxylic acids is 1. The molecule has 0 radical (unpaired) electrons. The summed E-state index contributed by atoms with van der Waals surface area (Å²) in [6, 6.07) is 13.4. The Kier molecular flexibility index (Phi) is 5.22. The van der Waals surface area contributed by atoms with E-state index in [0.29, 0.717) is 11.3 Å². The first-order valence-corrected chi connectivity index (χ1v) is 8.65. The van der Waals surface area contributed by atoms with Crippen LogP contribution >= 0.6 is 0 Å². The Morgan fingerprint density at radius 1 is 0.880 bits per heavy atom. The zero-order valence-corrected chi connectivity index (χ0v) is 16.1. The Morgan fingerprint density at radius 2 is 1.36 bits per heavy atom. The second kappa shape index (κ2) is 6.87. The third kappa shape index (κ3) is 4.60. The van der Waals surface area contributed by atoms with Gasteiger partial charge < -0.3 is 5.11 Å². The van der Waals surface area contributed by atoms with E-state index in [1.807, 2.05) is 90.1 Å². The van der Waals surface area contributed by atoms with E-state index in [9.17, 15) is 9.90 Å². The molecule has 0 unspecified atom stereocenters. The van der Waals surface area contributed by atoms with Gasteiger partial charge in [-0.3, -0.25) is 4.79 Å². The Labute approximate surface area is 151 Å². The van der Waals surface area contributed by atoms with Crippen molar-refractivity contribution in [3.05, 3.63) is 70.8 Å². The summed E-state index contributed by atoms with van der Waals surface area (Å²) in [5.41, 5.74) is 2.71. The van der Waals surface area contributed by atoms with E-state index >= 15 is 0 Å². The molecule has 132 valence electrons. The molecule has 0 aromatic heterocycles. The Balaban J connectivity index is 2.50. The molecule has 0 aliphatic heterocycles. The fraction of sp³-hybridized carbons (Fsp3) is 0.348. The van der Waals surface area contributed by atoms with Crippen molar-refractivity contribution >= 4 is 11.9 Å². The SMILES string of the molecule is CC(C)(C)c1cc(C(=O)/C=C\c2ccccc2)cc(C(C)(C)C)c1O. The summed E-state index contributed by atoms with van der Waals surface area (Å²) >= 11 is 0. The van der Waals surface area contributed by atoms with Crippen LogP contribution in [0.1, 0.15) is 68.6 Å². The summed E-state index contributed by atoms with van der Waals surface area (Å²) in [7, 11) is 0. The standard InChI is InChI=1S/C23H28O2/c1-22(2,3)18-14-17(15-19(21(18)25)23(4,5)6)20(24)13-12-16-10-8-7-9-11-16/h7-15,25H,1-6H3/b13-12-. The van der Waals surface area contributed by atoms with Crippen LogP contribution in [-0.4, -0.2) is 10.9 Å². The first-order valence-electron chi connectivity index (χ1n) is 8.65. The van der Waals surface area contributed by atoms with Crippen molar-refractivity contribution < 1.29 is 9.90 Å². The molecule has 25 heavy (non-hydrogen) atoms. The molecular formula is C23H28O2. The second-order valence-corrected chi connectivity index (χ2v) is 8.53. The molecule has 2 aromatic rings. The smallest absolute Gasteiger partial charge is 0.185 e. The predicted octanol–water partition coefficient (Wildman–Crippen LogP) is 5.88. The van der Waals surface area contributed by atoms with Gasteiger partial charge in [0.15, 0.2) is 5.78 Å². The lowest BCUT2D eigenvalue weighted by Gasteiger charge is -2.27. The Bertz CT molecular complexity index is 750. The molecule has 0 fully saturated rings. The van der Waals surface area contributed by atoms with Crippen LogP contribution in [0.15, 0.2) is 48.5 Å². The highest BCUT2D eigenvalue weighted by Gasteiger charge is 2.27. The van der Waals surface area contributed by atoms with Crippen molar-refractivity contribution in [3.8, 4) is 5.75 Å². The van der Waals surface area contributed by atoms with Crippen molar-refractivity contribution in [3.63, 3.8) is 0 Å². The van der Waals surface area contributed by atoms with Crippen LogP contribution < -0.4 is 0 Å². The molecule has 1 N–H and O–H groups in total. The summed E-state index contributed by atoms with van der Waals surface area (Å²) in [5, 5.41) is 10.7. The maximum Gasteiger partial charge on any atom is 0.185 e. The monoisotopic (exact) mass is 336 g/mol. The molecule has 2 nitrogen and oxygen atoms in total. The molecule has 0 amide bonds. The zero-order valence-electron chi connectivity index (χ0n) is 16.1. The third-order valence-corrected chi connectivity index (χ3v) is 4.24. The molecule has 0 spiro atoms. The van der Waals surface area contributed by atoms with Crippen molar-refractivity contribution in [2.45, 2.75) is 52.4 Å². The Hall–Kier alpha value is -2.35. The lowest BCUT2D eigenvalue weighted by atomic mass is 9.78. The van der Waals surface area contributed by atoms with Gasteiger partial charge in [0.25, 0.3) is 0 Å².